The summed E-state index contributed by atoms with van der Waals surface area (Å²) in [6, 6.07) is 7.70. The molecule has 0 heterocycles. The zero-order valence-electron chi connectivity index (χ0n) is 19.2. The third kappa shape index (κ3) is 3.50. The number of esters is 1. The van der Waals surface area contributed by atoms with Gasteiger partial charge in [0.15, 0.2) is 0 Å². The van der Waals surface area contributed by atoms with Crippen LogP contribution in [0.1, 0.15) is 88.9 Å². The SMILES string of the molecule is C[C@]12CC[C@@H](OC(=O)c3cccc(I)c3)C[C@@H]1CC[C@H]1[C@H]3CC[C@](C)(O)[C@]3(C)CC[C@@H]12. The highest BCUT2D eigenvalue weighted by atomic mass is 127. The van der Waals surface area contributed by atoms with Gasteiger partial charge in [0.05, 0.1) is 11.2 Å². The minimum Gasteiger partial charge on any atom is -0.459 e. The van der Waals surface area contributed by atoms with Crippen LogP contribution in [0, 0.1) is 38.1 Å². The standard InChI is InChI=1S/C27H37IO3/c1-25-12-9-20(31-24(29)17-5-4-6-19(28)15-17)16-18(25)7-8-21-22(25)10-13-26(2)23(21)11-14-27(26,3)30/h4-6,15,18,20-23,30H,7-14,16H2,1-3H3/t18-,20+,21+,22-,23+,25-,26+,27-/m0/s1. The van der Waals surface area contributed by atoms with E-state index in [-0.39, 0.29) is 17.5 Å². The Morgan fingerprint density at radius 1 is 1.03 bits per heavy atom. The molecule has 4 aliphatic carbocycles. The third-order valence-corrected chi connectivity index (χ3v) is 11.2. The molecule has 4 aliphatic rings. The number of fused-ring (bicyclic) bond motifs is 5. The summed E-state index contributed by atoms with van der Waals surface area (Å²) in [6.07, 6.45) is 10.4. The van der Waals surface area contributed by atoms with Crippen molar-refractivity contribution < 1.29 is 14.6 Å². The first-order valence-electron chi connectivity index (χ1n) is 12.3. The van der Waals surface area contributed by atoms with E-state index < -0.39 is 5.60 Å². The first-order valence-corrected chi connectivity index (χ1v) is 13.4. The molecule has 0 spiro atoms. The van der Waals surface area contributed by atoms with Crippen molar-refractivity contribution in [1.82, 2.24) is 0 Å². The molecule has 0 saturated heterocycles. The molecule has 170 valence electrons. The number of carbonyl (C=O) groups is 1. The van der Waals surface area contributed by atoms with Gasteiger partial charge in [-0.15, -0.1) is 0 Å². The molecule has 0 amide bonds. The number of carbonyl (C=O) groups excluding carboxylic acids is 1. The van der Waals surface area contributed by atoms with E-state index in [2.05, 4.69) is 43.4 Å². The number of aliphatic hydroxyl groups is 1. The van der Waals surface area contributed by atoms with E-state index in [0.29, 0.717) is 22.8 Å². The van der Waals surface area contributed by atoms with Gasteiger partial charge in [-0.05, 0) is 140 Å². The van der Waals surface area contributed by atoms with E-state index in [1.54, 1.807) is 0 Å². The van der Waals surface area contributed by atoms with Gasteiger partial charge in [-0.1, -0.05) is 19.9 Å². The van der Waals surface area contributed by atoms with Gasteiger partial charge in [-0.2, -0.15) is 0 Å². The van der Waals surface area contributed by atoms with Crippen molar-refractivity contribution in [3.05, 3.63) is 33.4 Å². The topological polar surface area (TPSA) is 46.5 Å². The second-order valence-corrected chi connectivity index (χ2v) is 13.0. The molecule has 1 aromatic carbocycles. The Hall–Kier alpha value is -0.620. The van der Waals surface area contributed by atoms with Crippen molar-refractivity contribution in [3.63, 3.8) is 0 Å². The quantitative estimate of drug-likeness (QED) is 0.342. The summed E-state index contributed by atoms with van der Waals surface area (Å²) in [5, 5.41) is 11.1. The Morgan fingerprint density at radius 2 is 1.81 bits per heavy atom. The van der Waals surface area contributed by atoms with Crippen LogP contribution < -0.4 is 0 Å². The normalized spacial score (nSPS) is 46.5. The molecule has 1 aromatic rings. The Balaban J connectivity index is 1.28. The molecule has 0 aromatic heterocycles. The molecule has 5 rings (SSSR count). The fourth-order valence-electron chi connectivity index (χ4n) is 8.40. The van der Waals surface area contributed by atoms with Gasteiger partial charge in [-0.25, -0.2) is 4.79 Å². The van der Waals surface area contributed by atoms with Crippen molar-refractivity contribution in [2.45, 2.75) is 90.3 Å². The first kappa shape index (κ1) is 22.2. The molecule has 0 aliphatic heterocycles. The fraction of sp³-hybridized carbons (Fsp3) is 0.741. The Kier molecular flexibility index (Phi) is 5.52. The number of ether oxygens (including phenoxy) is 1. The van der Waals surface area contributed by atoms with Crippen molar-refractivity contribution in [1.29, 1.82) is 0 Å². The molecular formula is C27H37IO3. The predicted molar refractivity (Wildman–Crippen MR) is 131 cm³/mol. The van der Waals surface area contributed by atoms with E-state index in [1.165, 1.54) is 38.5 Å². The van der Waals surface area contributed by atoms with Crippen molar-refractivity contribution in [2.24, 2.45) is 34.5 Å². The van der Waals surface area contributed by atoms with E-state index in [1.807, 2.05) is 24.3 Å². The summed E-state index contributed by atoms with van der Waals surface area (Å²) < 4.78 is 7.07. The monoisotopic (exact) mass is 536 g/mol. The lowest BCUT2D eigenvalue weighted by Gasteiger charge is -2.61. The van der Waals surface area contributed by atoms with Crippen LogP contribution in [-0.2, 0) is 4.74 Å². The lowest BCUT2D eigenvalue weighted by molar-refractivity contribution is -0.153. The van der Waals surface area contributed by atoms with Crippen LogP contribution >= 0.6 is 22.6 Å². The van der Waals surface area contributed by atoms with Gasteiger partial charge in [0, 0.05) is 3.57 Å². The Morgan fingerprint density at radius 3 is 2.58 bits per heavy atom. The van der Waals surface area contributed by atoms with Crippen LogP contribution in [0.5, 0.6) is 0 Å². The average molecular weight is 536 g/mol. The smallest absolute Gasteiger partial charge is 0.338 e. The zero-order valence-corrected chi connectivity index (χ0v) is 21.4. The minimum atomic E-state index is -0.499. The number of halogens is 1. The number of hydrogen-bond donors (Lipinski definition) is 1. The molecule has 4 heteroatoms. The Bertz CT molecular complexity index is 866. The van der Waals surface area contributed by atoms with Gasteiger partial charge < -0.3 is 9.84 Å². The highest BCUT2D eigenvalue weighted by Gasteiger charge is 2.63. The van der Waals surface area contributed by atoms with Gasteiger partial charge in [-0.3, -0.25) is 0 Å². The highest BCUT2D eigenvalue weighted by Crippen LogP contribution is 2.68. The van der Waals surface area contributed by atoms with Crippen LogP contribution in [0.25, 0.3) is 0 Å². The van der Waals surface area contributed by atoms with E-state index in [4.69, 9.17) is 4.74 Å². The summed E-state index contributed by atoms with van der Waals surface area (Å²) >= 11 is 2.24. The Labute approximate surface area is 200 Å². The predicted octanol–water partition coefficient (Wildman–Crippen LogP) is 6.61. The summed E-state index contributed by atoms with van der Waals surface area (Å²) in [5.41, 5.74) is 0.631. The van der Waals surface area contributed by atoms with E-state index in [0.717, 1.165) is 34.7 Å². The van der Waals surface area contributed by atoms with Crippen LogP contribution in [0.2, 0.25) is 0 Å². The number of hydrogen-bond acceptors (Lipinski definition) is 3. The zero-order chi connectivity index (χ0) is 22.0. The summed E-state index contributed by atoms with van der Waals surface area (Å²) in [7, 11) is 0. The number of rotatable bonds is 2. The number of benzene rings is 1. The van der Waals surface area contributed by atoms with E-state index >= 15 is 0 Å². The summed E-state index contributed by atoms with van der Waals surface area (Å²) in [4.78, 5) is 12.7. The lowest BCUT2D eigenvalue weighted by atomic mass is 9.44. The molecule has 0 unspecified atom stereocenters. The van der Waals surface area contributed by atoms with Crippen molar-refractivity contribution in [3.8, 4) is 0 Å². The molecule has 3 nitrogen and oxygen atoms in total. The van der Waals surface area contributed by atoms with E-state index in [9.17, 15) is 9.90 Å². The molecule has 4 fully saturated rings. The molecule has 0 bridgehead atoms. The molecule has 0 radical (unpaired) electrons. The second kappa shape index (κ2) is 7.72. The molecule has 4 saturated carbocycles. The second-order valence-electron chi connectivity index (χ2n) is 11.7. The molecule has 1 N–H and O–H groups in total. The maximum Gasteiger partial charge on any atom is 0.338 e. The largest absolute Gasteiger partial charge is 0.459 e. The van der Waals surface area contributed by atoms with Crippen LogP contribution in [0.15, 0.2) is 24.3 Å². The summed E-state index contributed by atoms with van der Waals surface area (Å²) in [6.45, 7) is 7.01. The van der Waals surface area contributed by atoms with Crippen LogP contribution in [-0.4, -0.2) is 22.8 Å². The van der Waals surface area contributed by atoms with Gasteiger partial charge >= 0.3 is 5.97 Å². The third-order valence-electron chi connectivity index (χ3n) is 10.5. The minimum absolute atomic E-state index is 0.0565. The van der Waals surface area contributed by atoms with Crippen molar-refractivity contribution in [2.75, 3.05) is 0 Å². The maximum absolute atomic E-state index is 12.7. The molecule has 31 heavy (non-hydrogen) atoms. The molecule has 8 atom stereocenters. The summed E-state index contributed by atoms with van der Waals surface area (Å²) in [5.74, 6) is 2.70. The maximum atomic E-state index is 12.7. The highest BCUT2D eigenvalue weighted by molar-refractivity contribution is 14.1. The average Bonchev–Trinajstić information content (AvgIpc) is 2.97. The van der Waals surface area contributed by atoms with Gasteiger partial charge in [0.25, 0.3) is 0 Å². The first-order chi connectivity index (χ1) is 14.6. The van der Waals surface area contributed by atoms with Gasteiger partial charge in [0.1, 0.15) is 6.10 Å². The molecular weight excluding hydrogens is 499 g/mol. The van der Waals surface area contributed by atoms with Crippen LogP contribution in [0.3, 0.4) is 0 Å². The van der Waals surface area contributed by atoms with Crippen LogP contribution in [0.4, 0.5) is 0 Å². The van der Waals surface area contributed by atoms with Gasteiger partial charge in [0.2, 0.25) is 0 Å². The fourth-order valence-corrected chi connectivity index (χ4v) is 8.95. The lowest BCUT2D eigenvalue weighted by Crippen LogP contribution is -2.56. The van der Waals surface area contributed by atoms with Crippen molar-refractivity contribution >= 4 is 28.6 Å².